The first-order valence-corrected chi connectivity index (χ1v) is 4.04. The van der Waals surface area contributed by atoms with E-state index in [4.69, 9.17) is 4.74 Å². The lowest BCUT2D eigenvalue weighted by Crippen LogP contribution is -2.23. The number of hydrogen-bond acceptors (Lipinski definition) is 4. The van der Waals surface area contributed by atoms with Crippen LogP contribution in [0, 0.1) is 0 Å². The van der Waals surface area contributed by atoms with Crippen LogP contribution in [0.15, 0.2) is 17.2 Å². The van der Waals surface area contributed by atoms with Gasteiger partial charge in [-0.2, -0.15) is 0 Å². The van der Waals surface area contributed by atoms with Gasteiger partial charge in [0.2, 0.25) is 5.91 Å². The highest BCUT2D eigenvalue weighted by atomic mass is 16.5. The molecule has 0 unspecified atom stereocenters. The highest BCUT2D eigenvalue weighted by Crippen LogP contribution is 1.93. The number of amides is 1. The van der Waals surface area contributed by atoms with Crippen LogP contribution < -0.4 is 11.0 Å². The molecule has 1 aromatic heterocycles. The van der Waals surface area contributed by atoms with Gasteiger partial charge < -0.3 is 15.0 Å². The smallest absolute Gasteiger partial charge is 0.344 e. The van der Waals surface area contributed by atoms with E-state index in [0.717, 1.165) is 0 Å². The zero-order chi connectivity index (χ0) is 10.4. The fourth-order valence-corrected chi connectivity index (χ4v) is 0.783. The van der Waals surface area contributed by atoms with Crippen molar-refractivity contribution in [1.82, 2.24) is 15.3 Å². The van der Waals surface area contributed by atoms with Gasteiger partial charge in [-0.1, -0.05) is 0 Å². The van der Waals surface area contributed by atoms with Crippen molar-refractivity contribution < 1.29 is 9.53 Å². The maximum Gasteiger partial charge on any atom is 0.344 e. The van der Waals surface area contributed by atoms with Gasteiger partial charge in [0, 0.05) is 25.0 Å². The monoisotopic (exact) mass is 197 g/mol. The lowest BCUT2D eigenvalue weighted by molar-refractivity contribution is -0.125. The Kier molecular flexibility index (Phi) is 3.81. The number of H-pyrrole nitrogens is 1. The summed E-state index contributed by atoms with van der Waals surface area (Å²) in [6, 6.07) is 0. The Morgan fingerprint density at radius 3 is 3.07 bits per heavy atom. The molecule has 0 aliphatic rings. The van der Waals surface area contributed by atoms with Crippen LogP contribution in [0.4, 0.5) is 0 Å². The van der Waals surface area contributed by atoms with E-state index in [1.165, 1.54) is 19.4 Å². The average Bonchev–Trinajstić information content (AvgIpc) is 2.21. The number of rotatable bonds is 4. The van der Waals surface area contributed by atoms with Crippen LogP contribution >= 0.6 is 0 Å². The van der Waals surface area contributed by atoms with Crippen LogP contribution in [0.5, 0.6) is 0 Å². The molecule has 0 bridgehead atoms. The summed E-state index contributed by atoms with van der Waals surface area (Å²) in [5.41, 5.74) is 0.313. The zero-order valence-corrected chi connectivity index (χ0v) is 7.74. The molecule has 0 radical (unpaired) electrons. The first kappa shape index (κ1) is 10.4. The molecule has 6 heteroatoms. The van der Waals surface area contributed by atoms with Crippen LogP contribution in [-0.2, 0) is 16.1 Å². The maximum absolute atomic E-state index is 10.7. The van der Waals surface area contributed by atoms with Gasteiger partial charge in [-0.05, 0) is 0 Å². The Labute approximate surface area is 80.3 Å². The van der Waals surface area contributed by atoms with Crippen LogP contribution in [0.25, 0.3) is 0 Å². The molecule has 6 nitrogen and oxygen atoms in total. The van der Waals surface area contributed by atoms with Crippen molar-refractivity contribution in [3.05, 3.63) is 28.4 Å². The third-order valence-electron chi connectivity index (χ3n) is 1.51. The molecule has 1 aromatic rings. The summed E-state index contributed by atoms with van der Waals surface area (Å²) < 4.78 is 5.04. The summed E-state index contributed by atoms with van der Waals surface area (Å²) >= 11 is 0. The quantitative estimate of drug-likeness (QED) is 0.650. The Bertz CT molecular complexity index is 341. The number of aromatic amines is 1. The van der Waals surface area contributed by atoms with Crippen molar-refractivity contribution in [3.8, 4) is 0 Å². The van der Waals surface area contributed by atoms with Crippen molar-refractivity contribution in [3.63, 3.8) is 0 Å². The molecule has 2 N–H and O–H groups in total. The summed E-state index contributed by atoms with van der Waals surface area (Å²) in [7, 11) is 1.53. The summed E-state index contributed by atoms with van der Waals surface area (Å²) in [5, 5.41) is 2.42. The molecular formula is C8H11N3O3. The van der Waals surface area contributed by atoms with Gasteiger partial charge in [0.1, 0.15) is 6.61 Å². The van der Waals surface area contributed by atoms with Crippen molar-refractivity contribution in [1.29, 1.82) is 0 Å². The van der Waals surface area contributed by atoms with Gasteiger partial charge in [0.15, 0.2) is 0 Å². The lowest BCUT2D eigenvalue weighted by Gasteiger charge is -2.01. The number of likely N-dealkylation sites (N-methyl/N-ethyl adjacent to an activating group) is 1. The number of carbonyl (C=O) groups excluding carboxylic acids is 1. The fraction of sp³-hybridized carbons (Fsp3) is 0.375. The molecular weight excluding hydrogens is 186 g/mol. The van der Waals surface area contributed by atoms with Crippen LogP contribution in [-0.4, -0.2) is 29.5 Å². The van der Waals surface area contributed by atoms with Gasteiger partial charge in [-0.25, -0.2) is 9.78 Å². The molecule has 1 heterocycles. The zero-order valence-electron chi connectivity index (χ0n) is 7.74. The molecule has 76 valence electrons. The standard InChI is InChI=1S/C8H11N3O3/c1-9-7(12)5-14-4-6-2-10-8(13)11-3-6/h2-3H,4-5H2,1H3,(H,9,12)(H,10,11,13). The van der Waals surface area contributed by atoms with Crippen LogP contribution in [0.2, 0.25) is 0 Å². The second kappa shape index (κ2) is 5.13. The fourth-order valence-electron chi connectivity index (χ4n) is 0.783. The second-order valence-corrected chi connectivity index (χ2v) is 2.59. The SMILES string of the molecule is CNC(=O)COCc1cnc(=O)[nH]c1. The van der Waals surface area contributed by atoms with Gasteiger partial charge >= 0.3 is 5.69 Å². The number of hydrogen-bond donors (Lipinski definition) is 2. The van der Waals surface area contributed by atoms with E-state index in [2.05, 4.69) is 15.3 Å². The van der Waals surface area contributed by atoms with Crippen molar-refractivity contribution in [2.75, 3.05) is 13.7 Å². The number of ether oxygens (including phenoxy) is 1. The molecule has 1 rings (SSSR count). The summed E-state index contributed by atoms with van der Waals surface area (Å²) in [6.45, 7) is 0.243. The third-order valence-corrected chi connectivity index (χ3v) is 1.51. The predicted octanol–water partition coefficient (Wildman–Crippen LogP) is -0.967. The number of carbonyl (C=O) groups is 1. The van der Waals surface area contributed by atoms with Gasteiger partial charge in [0.05, 0.1) is 6.61 Å². The van der Waals surface area contributed by atoms with Gasteiger partial charge in [0.25, 0.3) is 0 Å². The van der Waals surface area contributed by atoms with E-state index in [0.29, 0.717) is 5.56 Å². The van der Waals surface area contributed by atoms with Crippen LogP contribution in [0.3, 0.4) is 0 Å². The van der Waals surface area contributed by atoms with Crippen molar-refractivity contribution in [2.45, 2.75) is 6.61 Å². The highest BCUT2D eigenvalue weighted by Gasteiger charge is 1.98. The number of aromatic nitrogens is 2. The minimum atomic E-state index is -0.403. The van der Waals surface area contributed by atoms with E-state index in [-0.39, 0.29) is 19.1 Å². The van der Waals surface area contributed by atoms with Crippen molar-refractivity contribution >= 4 is 5.91 Å². The normalized spacial score (nSPS) is 9.79. The Balaban J connectivity index is 2.35. The lowest BCUT2D eigenvalue weighted by atomic mass is 10.4. The topological polar surface area (TPSA) is 84.1 Å². The van der Waals surface area contributed by atoms with E-state index in [9.17, 15) is 9.59 Å². The van der Waals surface area contributed by atoms with Crippen molar-refractivity contribution in [2.24, 2.45) is 0 Å². The summed E-state index contributed by atoms with van der Waals surface area (Å²) in [4.78, 5) is 27.2. The predicted molar refractivity (Wildman–Crippen MR) is 48.6 cm³/mol. The van der Waals surface area contributed by atoms with Crippen LogP contribution in [0.1, 0.15) is 5.56 Å². The molecule has 14 heavy (non-hydrogen) atoms. The molecule has 0 fully saturated rings. The summed E-state index contributed by atoms with van der Waals surface area (Å²) in [6.07, 6.45) is 2.90. The molecule has 0 spiro atoms. The Morgan fingerprint density at radius 2 is 2.50 bits per heavy atom. The minimum Gasteiger partial charge on any atom is -0.367 e. The highest BCUT2D eigenvalue weighted by molar-refractivity contribution is 5.76. The largest absolute Gasteiger partial charge is 0.367 e. The van der Waals surface area contributed by atoms with Gasteiger partial charge in [-0.15, -0.1) is 0 Å². The third kappa shape index (κ3) is 3.36. The summed E-state index contributed by atoms with van der Waals surface area (Å²) in [5.74, 6) is -0.192. The molecule has 0 saturated carbocycles. The Morgan fingerprint density at radius 1 is 1.71 bits per heavy atom. The van der Waals surface area contributed by atoms with E-state index >= 15 is 0 Å². The number of nitrogens with one attached hydrogen (secondary N) is 2. The van der Waals surface area contributed by atoms with E-state index < -0.39 is 5.69 Å². The molecule has 0 atom stereocenters. The molecule has 0 aromatic carbocycles. The number of nitrogens with zero attached hydrogens (tertiary/aromatic N) is 1. The molecule has 0 aliphatic carbocycles. The molecule has 1 amide bonds. The Hall–Kier alpha value is -1.69. The second-order valence-electron chi connectivity index (χ2n) is 2.59. The first-order valence-electron chi connectivity index (χ1n) is 4.04. The average molecular weight is 197 g/mol. The maximum atomic E-state index is 10.7. The molecule has 0 saturated heterocycles. The minimum absolute atomic E-state index is 0.00434. The van der Waals surface area contributed by atoms with E-state index in [1.54, 1.807) is 0 Å². The van der Waals surface area contributed by atoms with Gasteiger partial charge in [-0.3, -0.25) is 4.79 Å². The van der Waals surface area contributed by atoms with E-state index in [1.807, 2.05) is 0 Å². The first-order chi connectivity index (χ1) is 6.72. The molecule has 0 aliphatic heterocycles.